The number of hydrogen-bond donors (Lipinski definition) is 0. The molecule has 6 heteroatoms. The Hall–Kier alpha value is -3.54. The summed E-state index contributed by atoms with van der Waals surface area (Å²) in [4.78, 5) is 24.6. The van der Waals surface area contributed by atoms with E-state index in [4.69, 9.17) is 4.98 Å². The van der Waals surface area contributed by atoms with Crippen LogP contribution in [0.2, 0.25) is 0 Å². The van der Waals surface area contributed by atoms with Crippen LogP contribution in [0.3, 0.4) is 0 Å². The van der Waals surface area contributed by atoms with Gasteiger partial charge in [0.25, 0.3) is 5.91 Å². The quantitative estimate of drug-likeness (QED) is 0.426. The van der Waals surface area contributed by atoms with Gasteiger partial charge in [-0.15, -0.1) is 0 Å². The van der Waals surface area contributed by atoms with Crippen molar-refractivity contribution in [3.8, 4) is 11.1 Å². The number of halogens is 1. The lowest BCUT2D eigenvalue weighted by Gasteiger charge is -2.33. The number of amides is 1. The number of fused-ring (bicyclic) bond motifs is 1. The van der Waals surface area contributed by atoms with Crippen LogP contribution in [0, 0.1) is 19.7 Å². The highest BCUT2D eigenvalue weighted by atomic mass is 19.1. The lowest BCUT2D eigenvalue weighted by Crippen LogP contribution is -2.39. The van der Waals surface area contributed by atoms with Crippen molar-refractivity contribution in [2.75, 3.05) is 13.1 Å². The Morgan fingerprint density at radius 3 is 2.58 bits per heavy atom. The molecule has 168 valence electrons. The smallest absolute Gasteiger partial charge is 0.253 e. The van der Waals surface area contributed by atoms with Crippen LogP contribution < -0.4 is 0 Å². The fraction of sp³-hybridized carbons (Fsp3) is 0.296. The molecule has 0 aliphatic carbocycles. The van der Waals surface area contributed by atoms with Crippen LogP contribution in [0.5, 0.6) is 0 Å². The number of pyridine rings is 1. The highest BCUT2D eigenvalue weighted by Crippen LogP contribution is 2.30. The molecule has 1 aliphatic heterocycles. The summed E-state index contributed by atoms with van der Waals surface area (Å²) in [5, 5.41) is 0. The molecule has 5 nitrogen and oxygen atoms in total. The first kappa shape index (κ1) is 21.3. The third-order valence-electron chi connectivity index (χ3n) is 6.63. The fourth-order valence-corrected chi connectivity index (χ4v) is 4.75. The predicted octanol–water partition coefficient (Wildman–Crippen LogP) is 5.41. The van der Waals surface area contributed by atoms with Crippen molar-refractivity contribution in [2.24, 2.45) is 7.05 Å². The van der Waals surface area contributed by atoms with Gasteiger partial charge in [-0.05, 0) is 80.3 Å². The minimum Gasteiger partial charge on any atom is -0.338 e. The summed E-state index contributed by atoms with van der Waals surface area (Å²) in [5.41, 5.74) is 6.44. The van der Waals surface area contributed by atoms with E-state index in [9.17, 15) is 9.18 Å². The summed E-state index contributed by atoms with van der Waals surface area (Å²) in [6, 6.07) is 16.4. The fourth-order valence-electron chi connectivity index (χ4n) is 4.75. The van der Waals surface area contributed by atoms with Crippen molar-refractivity contribution < 1.29 is 9.18 Å². The number of likely N-dealkylation sites (tertiary alicyclic amines) is 1. The van der Waals surface area contributed by atoms with Crippen LogP contribution in [-0.2, 0) is 7.05 Å². The average molecular weight is 443 g/mol. The van der Waals surface area contributed by atoms with Gasteiger partial charge < -0.3 is 9.47 Å². The molecule has 0 N–H and O–H groups in total. The zero-order valence-corrected chi connectivity index (χ0v) is 19.2. The zero-order valence-electron chi connectivity index (χ0n) is 19.2. The Morgan fingerprint density at radius 1 is 1.00 bits per heavy atom. The molecule has 0 unspecified atom stereocenters. The maximum absolute atomic E-state index is 13.4. The minimum atomic E-state index is -0.245. The third kappa shape index (κ3) is 4.13. The van der Waals surface area contributed by atoms with Crippen LogP contribution in [0.25, 0.3) is 22.2 Å². The van der Waals surface area contributed by atoms with Crippen molar-refractivity contribution in [3.05, 3.63) is 83.2 Å². The molecule has 0 bridgehead atoms. The average Bonchev–Trinajstić information content (AvgIpc) is 3.11. The highest BCUT2D eigenvalue weighted by Gasteiger charge is 2.27. The molecule has 33 heavy (non-hydrogen) atoms. The molecule has 1 aliphatic rings. The molecule has 0 saturated carbocycles. The molecule has 5 rings (SSSR count). The van der Waals surface area contributed by atoms with E-state index in [1.807, 2.05) is 54.6 Å². The number of aromatic nitrogens is 3. The number of benzene rings is 2. The van der Waals surface area contributed by atoms with Gasteiger partial charge in [0.05, 0.1) is 11.0 Å². The van der Waals surface area contributed by atoms with E-state index in [-0.39, 0.29) is 17.6 Å². The maximum Gasteiger partial charge on any atom is 0.253 e. The number of rotatable bonds is 3. The number of carbonyl (C=O) groups is 1. The minimum absolute atomic E-state index is 0.0383. The molecule has 1 atom stereocenters. The number of piperidine rings is 1. The van der Waals surface area contributed by atoms with E-state index in [1.165, 1.54) is 12.1 Å². The van der Waals surface area contributed by atoms with Gasteiger partial charge in [-0.2, -0.15) is 0 Å². The lowest BCUT2D eigenvalue weighted by atomic mass is 9.91. The Kier molecular flexibility index (Phi) is 5.44. The van der Waals surface area contributed by atoms with Crippen molar-refractivity contribution >= 4 is 16.9 Å². The van der Waals surface area contributed by atoms with Crippen molar-refractivity contribution in [1.82, 2.24) is 19.4 Å². The van der Waals surface area contributed by atoms with Gasteiger partial charge in [0.2, 0.25) is 0 Å². The number of carbonyl (C=O) groups excluding carboxylic acids is 1. The third-order valence-corrected chi connectivity index (χ3v) is 6.63. The summed E-state index contributed by atoms with van der Waals surface area (Å²) >= 11 is 0. The summed E-state index contributed by atoms with van der Waals surface area (Å²) in [6.45, 7) is 5.32. The molecule has 1 fully saturated rings. The lowest BCUT2D eigenvalue weighted by molar-refractivity contribution is 0.0706. The zero-order chi connectivity index (χ0) is 23.1. The summed E-state index contributed by atoms with van der Waals surface area (Å²) < 4.78 is 15.4. The molecule has 4 aromatic rings. The second-order valence-electron chi connectivity index (χ2n) is 8.94. The molecule has 2 aromatic carbocycles. The van der Waals surface area contributed by atoms with Crippen LogP contribution in [-0.4, -0.2) is 38.4 Å². The largest absolute Gasteiger partial charge is 0.338 e. The number of imidazole rings is 1. The normalized spacial score (nSPS) is 16.4. The van der Waals surface area contributed by atoms with Crippen LogP contribution in [0.1, 0.15) is 46.3 Å². The number of aryl methyl sites for hydroxylation is 3. The van der Waals surface area contributed by atoms with Crippen molar-refractivity contribution in [2.45, 2.75) is 32.6 Å². The van der Waals surface area contributed by atoms with E-state index in [1.54, 1.807) is 12.1 Å². The van der Waals surface area contributed by atoms with Gasteiger partial charge in [0.1, 0.15) is 11.6 Å². The molecule has 0 radical (unpaired) electrons. The number of hydrogen-bond acceptors (Lipinski definition) is 3. The van der Waals surface area contributed by atoms with Crippen LogP contribution >= 0.6 is 0 Å². The van der Waals surface area contributed by atoms with Gasteiger partial charge in [-0.25, -0.2) is 9.37 Å². The predicted molar refractivity (Wildman–Crippen MR) is 128 cm³/mol. The SMILES string of the molecule is Cc1cc(-c2ccc(F)cc2)cc([C@@H]2CCCN(C(=O)c3ccc4c(c3)nc(C)n4C)C2)n1. The number of nitrogens with zero attached hydrogens (tertiary/aromatic N) is 4. The second kappa shape index (κ2) is 8.43. The van der Waals surface area contributed by atoms with E-state index in [0.717, 1.165) is 58.8 Å². The molecule has 2 aromatic heterocycles. The van der Waals surface area contributed by atoms with E-state index in [0.29, 0.717) is 12.1 Å². The van der Waals surface area contributed by atoms with Gasteiger partial charge in [-0.1, -0.05) is 12.1 Å². The van der Waals surface area contributed by atoms with Gasteiger partial charge in [0.15, 0.2) is 0 Å². The first-order valence-electron chi connectivity index (χ1n) is 11.4. The molecular formula is C27H27FN4O. The molecule has 0 spiro atoms. The Balaban J connectivity index is 1.39. The van der Waals surface area contributed by atoms with Gasteiger partial charge >= 0.3 is 0 Å². The van der Waals surface area contributed by atoms with Crippen molar-refractivity contribution in [3.63, 3.8) is 0 Å². The van der Waals surface area contributed by atoms with E-state index < -0.39 is 0 Å². The summed E-state index contributed by atoms with van der Waals surface area (Å²) in [7, 11) is 1.98. The van der Waals surface area contributed by atoms with Crippen molar-refractivity contribution in [1.29, 1.82) is 0 Å². The molecular weight excluding hydrogens is 415 g/mol. The highest BCUT2D eigenvalue weighted by molar-refractivity contribution is 5.97. The maximum atomic E-state index is 13.4. The monoisotopic (exact) mass is 442 g/mol. The Labute approximate surface area is 192 Å². The Bertz CT molecular complexity index is 1340. The molecule has 1 saturated heterocycles. The standard InChI is InChI=1S/C27H27FN4O/c1-17-13-22(19-6-9-23(28)10-7-19)15-24(29-17)21-5-4-12-32(16-21)27(33)20-8-11-26-25(14-20)30-18(2)31(26)3/h6-11,13-15,21H,4-5,12,16H2,1-3H3/t21-/m1/s1. The summed E-state index contributed by atoms with van der Waals surface area (Å²) in [5.74, 6) is 0.888. The van der Waals surface area contributed by atoms with Gasteiger partial charge in [-0.3, -0.25) is 9.78 Å². The van der Waals surface area contributed by atoms with Gasteiger partial charge in [0, 0.05) is 43.0 Å². The first-order valence-corrected chi connectivity index (χ1v) is 11.4. The first-order chi connectivity index (χ1) is 15.9. The molecule has 3 heterocycles. The van der Waals surface area contributed by atoms with E-state index >= 15 is 0 Å². The summed E-state index contributed by atoms with van der Waals surface area (Å²) in [6.07, 6.45) is 1.92. The van der Waals surface area contributed by atoms with E-state index in [2.05, 4.69) is 11.1 Å². The molecule has 1 amide bonds. The van der Waals surface area contributed by atoms with Crippen LogP contribution in [0.4, 0.5) is 4.39 Å². The van der Waals surface area contributed by atoms with Crippen LogP contribution in [0.15, 0.2) is 54.6 Å². The topological polar surface area (TPSA) is 51.0 Å². The Morgan fingerprint density at radius 2 is 1.79 bits per heavy atom. The second-order valence-corrected chi connectivity index (χ2v) is 8.94.